The van der Waals surface area contributed by atoms with Gasteiger partial charge in [0.1, 0.15) is 0 Å². The number of hydrogen-bond acceptors (Lipinski definition) is 3. The third kappa shape index (κ3) is 1.58. The van der Waals surface area contributed by atoms with Gasteiger partial charge in [0.2, 0.25) is 0 Å². The van der Waals surface area contributed by atoms with Crippen molar-refractivity contribution < 1.29 is 14.3 Å². The van der Waals surface area contributed by atoms with Crippen molar-refractivity contribution in [3.63, 3.8) is 0 Å². The molecule has 4 heteroatoms. The summed E-state index contributed by atoms with van der Waals surface area (Å²) < 4.78 is 4.97. The number of amides is 1. The monoisotopic (exact) mass is 181 g/mol. The van der Waals surface area contributed by atoms with Gasteiger partial charge in [0.25, 0.3) is 5.91 Å². The predicted octanol–water partition coefficient (Wildman–Crippen LogP) is 0.486. The Labute approximate surface area is 75.8 Å². The molecule has 1 aliphatic heterocycles. The Morgan fingerprint density at radius 2 is 2.54 bits per heavy atom. The molecule has 4 nitrogen and oxygen atoms in total. The quantitative estimate of drug-likeness (QED) is 0.685. The molecule has 70 valence electrons. The largest absolute Gasteiger partial charge is 0.459 e. The molecule has 1 N–H and O–H groups in total. The SMILES string of the molecule is O=C(c1ccco1)N1CC[C@H](O)C1. The molecule has 2 rings (SSSR count). The maximum absolute atomic E-state index is 11.6. The molecule has 1 aliphatic rings. The van der Waals surface area contributed by atoms with Gasteiger partial charge in [0.15, 0.2) is 5.76 Å². The summed E-state index contributed by atoms with van der Waals surface area (Å²) in [6.07, 6.45) is 1.76. The van der Waals surface area contributed by atoms with Gasteiger partial charge in [-0.05, 0) is 18.6 Å². The lowest BCUT2D eigenvalue weighted by molar-refractivity contribution is 0.0734. The van der Waals surface area contributed by atoms with Crippen molar-refractivity contribution in [2.45, 2.75) is 12.5 Å². The summed E-state index contributed by atoms with van der Waals surface area (Å²) in [6.45, 7) is 1.03. The van der Waals surface area contributed by atoms with Gasteiger partial charge in [0, 0.05) is 13.1 Å². The van der Waals surface area contributed by atoms with Crippen LogP contribution in [-0.4, -0.2) is 35.1 Å². The highest BCUT2D eigenvalue weighted by Crippen LogP contribution is 2.13. The van der Waals surface area contributed by atoms with Crippen molar-refractivity contribution in [2.75, 3.05) is 13.1 Å². The highest BCUT2D eigenvalue weighted by molar-refractivity contribution is 5.91. The molecule has 0 saturated carbocycles. The number of carbonyl (C=O) groups excluding carboxylic acids is 1. The van der Waals surface area contributed by atoms with Crippen molar-refractivity contribution >= 4 is 5.91 Å². The van der Waals surface area contributed by atoms with E-state index < -0.39 is 0 Å². The smallest absolute Gasteiger partial charge is 0.289 e. The normalized spacial score (nSPS) is 22.2. The number of furan rings is 1. The van der Waals surface area contributed by atoms with Gasteiger partial charge in [-0.1, -0.05) is 0 Å². The second-order valence-corrected chi connectivity index (χ2v) is 3.17. The number of likely N-dealkylation sites (tertiary alicyclic amines) is 1. The Balaban J connectivity index is 2.06. The van der Waals surface area contributed by atoms with Crippen LogP contribution in [0.2, 0.25) is 0 Å². The van der Waals surface area contributed by atoms with Gasteiger partial charge >= 0.3 is 0 Å². The average Bonchev–Trinajstić information content (AvgIpc) is 2.72. The van der Waals surface area contributed by atoms with Crippen molar-refractivity contribution in [3.05, 3.63) is 24.2 Å². The second-order valence-electron chi connectivity index (χ2n) is 3.17. The van der Waals surface area contributed by atoms with Crippen molar-refractivity contribution in [1.29, 1.82) is 0 Å². The number of hydrogen-bond donors (Lipinski definition) is 1. The zero-order valence-corrected chi connectivity index (χ0v) is 7.14. The second kappa shape index (κ2) is 3.22. The van der Waals surface area contributed by atoms with Gasteiger partial charge < -0.3 is 14.4 Å². The van der Waals surface area contributed by atoms with Crippen LogP contribution in [0.4, 0.5) is 0 Å². The minimum absolute atomic E-state index is 0.137. The van der Waals surface area contributed by atoms with Gasteiger partial charge in [-0.3, -0.25) is 4.79 Å². The van der Waals surface area contributed by atoms with E-state index in [4.69, 9.17) is 4.42 Å². The number of aliphatic hydroxyl groups is 1. The fraction of sp³-hybridized carbons (Fsp3) is 0.444. The molecule has 1 aromatic heterocycles. The standard InChI is InChI=1S/C9H11NO3/c11-7-3-4-10(6-7)9(12)8-2-1-5-13-8/h1-2,5,7,11H,3-4,6H2/t7-/m0/s1. The maximum atomic E-state index is 11.6. The minimum atomic E-state index is -0.376. The summed E-state index contributed by atoms with van der Waals surface area (Å²) in [7, 11) is 0. The number of aliphatic hydroxyl groups excluding tert-OH is 1. The fourth-order valence-corrected chi connectivity index (χ4v) is 1.48. The number of nitrogens with zero attached hydrogens (tertiary/aromatic N) is 1. The van der Waals surface area contributed by atoms with Crippen LogP contribution < -0.4 is 0 Å². The molecule has 2 heterocycles. The molecule has 0 radical (unpaired) electrons. The van der Waals surface area contributed by atoms with E-state index in [2.05, 4.69) is 0 Å². The number of β-amino-alcohol motifs (C(OH)–C–C–N with tert-alkyl or cyclic N) is 1. The molecule has 0 spiro atoms. The van der Waals surface area contributed by atoms with E-state index in [1.807, 2.05) is 0 Å². The van der Waals surface area contributed by atoms with E-state index in [-0.39, 0.29) is 12.0 Å². The van der Waals surface area contributed by atoms with Gasteiger partial charge in [-0.25, -0.2) is 0 Å². The zero-order chi connectivity index (χ0) is 9.26. The molecule has 1 amide bonds. The first kappa shape index (κ1) is 8.31. The van der Waals surface area contributed by atoms with Gasteiger partial charge in [-0.2, -0.15) is 0 Å². The summed E-state index contributed by atoms with van der Waals surface area (Å²) in [6, 6.07) is 3.31. The zero-order valence-electron chi connectivity index (χ0n) is 7.14. The third-order valence-electron chi connectivity index (χ3n) is 2.18. The molecule has 1 fully saturated rings. The van der Waals surface area contributed by atoms with E-state index in [1.54, 1.807) is 17.0 Å². The average molecular weight is 181 g/mol. The molecular formula is C9H11NO3. The van der Waals surface area contributed by atoms with Crippen LogP contribution in [0.5, 0.6) is 0 Å². The fourth-order valence-electron chi connectivity index (χ4n) is 1.48. The summed E-state index contributed by atoms with van der Waals surface area (Å²) in [5.74, 6) is 0.204. The maximum Gasteiger partial charge on any atom is 0.289 e. The summed E-state index contributed by atoms with van der Waals surface area (Å²) in [4.78, 5) is 13.2. The summed E-state index contributed by atoms with van der Waals surface area (Å²) >= 11 is 0. The van der Waals surface area contributed by atoms with E-state index in [0.717, 1.165) is 0 Å². The Kier molecular flexibility index (Phi) is 2.06. The predicted molar refractivity (Wildman–Crippen MR) is 45.2 cm³/mol. The van der Waals surface area contributed by atoms with E-state index >= 15 is 0 Å². The Morgan fingerprint density at radius 1 is 1.69 bits per heavy atom. The van der Waals surface area contributed by atoms with Crippen LogP contribution in [0.3, 0.4) is 0 Å². The topological polar surface area (TPSA) is 53.7 Å². The van der Waals surface area contributed by atoms with Crippen LogP contribution >= 0.6 is 0 Å². The lowest BCUT2D eigenvalue weighted by atomic mass is 10.3. The Bertz CT molecular complexity index is 294. The third-order valence-corrected chi connectivity index (χ3v) is 2.18. The first-order chi connectivity index (χ1) is 6.27. The van der Waals surface area contributed by atoms with Crippen molar-refractivity contribution in [1.82, 2.24) is 4.90 Å². The van der Waals surface area contributed by atoms with Crippen molar-refractivity contribution in [2.24, 2.45) is 0 Å². The number of carbonyl (C=O) groups is 1. The summed E-state index contributed by atoms with van der Waals surface area (Å²) in [5, 5.41) is 9.22. The lowest BCUT2D eigenvalue weighted by Gasteiger charge is -2.12. The lowest BCUT2D eigenvalue weighted by Crippen LogP contribution is -2.29. The molecule has 0 bridgehead atoms. The minimum Gasteiger partial charge on any atom is -0.459 e. The molecule has 0 unspecified atom stereocenters. The molecule has 1 saturated heterocycles. The molecule has 1 aromatic rings. The number of rotatable bonds is 1. The Morgan fingerprint density at radius 3 is 3.08 bits per heavy atom. The van der Waals surface area contributed by atoms with Crippen molar-refractivity contribution in [3.8, 4) is 0 Å². The van der Waals surface area contributed by atoms with Crippen LogP contribution in [0.1, 0.15) is 17.0 Å². The molecular weight excluding hydrogens is 170 g/mol. The van der Waals surface area contributed by atoms with Crippen LogP contribution in [0.15, 0.2) is 22.8 Å². The van der Waals surface area contributed by atoms with E-state index in [1.165, 1.54) is 6.26 Å². The molecule has 1 atom stereocenters. The molecule has 0 aromatic carbocycles. The van der Waals surface area contributed by atoms with E-state index in [9.17, 15) is 9.90 Å². The van der Waals surface area contributed by atoms with Crippen LogP contribution in [0, 0.1) is 0 Å². The molecule has 0 aliphatic carbocycles. The van der Waals surface area contributed by atoms with Crippen LogP contribution in [-0.2, 0) is 0 Å². The highest BCUT2D eigenvalue weighted by atomic mass is 16.3. The van der Waals surface area contributed by atoms with Gasteiger partial charge in [0.05, 0.1) is 12.4 Å². The first-order valence-electron chi connectivity index (χ1n) is 4.28. The van der Waals surface area contributed by atoms with Gasteiger partial charge in [-0.15, -0.1) is 0 Å². The summed E-state index contributed by atoms with van der Waals surface area (Å²) in [5.41, 5.74) is 0. The van der Waals surface area contributed by atoms with E-state index in [0.29, 0.717) is 25.3 Å². The van der Waals surface area contributed by atoms with Crippen LogP contribution in [0.25, 0.3) is 0 Å². The highest BCUT2D eigenvalue weighted by Gasteiger charge is 2.26. The first-order valence-corrected chi connectivity index (χ1v) is 4.28. The Hall–Kier alpha value is -1.29. The molecule has 13 heavy (non-hydrogen) atoms.